The van der Waals surface area contributed by atoms with Crippen LogP contribution in [0.5, 0.6) is 0 Å². The highest BCUT2D eigenvalue weighted by molar-refractivity contribution is 5.88. The normalized spacial score (nSPS) is 12.9. The molecular weight excluding hydrogens is 355 g/mol. The van der Waals surface area contributed by atoms with Crippen LogP contribution in [-0.2, 0) is 22.6 Å². The molecular formula is C23H29FN2O2. The first kappa shape index (κ1) is 21.6. The van der Waals surface area contributed by atoms with Gasteiger partial charge in [0.05, 0.1) is 6.42 Å². The van der Waals surface area contributed by atoms with Gasteiger partial charge in [0.25, 0.3) is 0 Å². The topological polar surface area (TPSA) is 49.4 Å². The molecule has 0 aliphatic heterocycles. The van der Waals surface area contributed by atoms with Crippen LogP contribution in [0.3, 0.4) is 0 Å². The van der Waals surface area contributed by atoms with Gasteiger partial charge in [-0.1, -0.05) is 55.0 Å². The third-order valence-electron chi connectivity index (χ3n) is 4.90. The molecule has 1 N–H and O–H groups in total. The van der Waals surface area contributed by atoms with E-state index in [4.69, 9.17) is 0 Å². The summed E-state index contributed by atoms with van der Waals surface area (Å²) in [6.45, 7) is 7.60. The van der Waals surface area contributed by atoms with Gasteiger partial charge in [-0.25, -0.2) is 4.39 Å². The fourth-order valence-electron chi connectivity index (χ4n) is 2.96. The molecule has 5 heteroatoms. The summed E-state index contributed by atoms with van der Waals surface area (Å²) in [4.78, 5) is 27.2. The summed E-state index contributed by atoms with van der Waals surface area (Å²) < 4.78 is 14.2. The molecule has 2 atom stereocenters. The highest BCUT2D eigenvalue weighted by atomic mass is 19.1. The number of aryl methyl sites for hydroxylation is 1. The second-order valence-electron chi connectivity index (χ2n) is 7.27. The molecule has 0 unspecified atom stereocenters. The van der Waals surface area contributed by atoms with Crippen LogP contribution >= 0.6 is 0 Å². The zero-order valence-corrected chi connectivity index (χ0v) is 17.0. The van der Waals surface area contributed by atoms with Crippen molar-refractivity contribution in [2.75, 3.05) is 0 Å². The van der Waals surface area contributed by atoms with Gasteiger partial charge < -0.3 is 10.2 Å². The molecule has 150 valence electrons. The zero-order valence-electron chi connectivity index (χ0n) is 17.0. The van der Waals surface area contributed by atoms with Crippen LogP contribution in [0, 0.1) is 12.7 Å². The number of benzene rings is 2. The number of nitrogens with one attached hydrogen (secondary N) is 1. The maximum atomic E-state index is 14.2. The van der Waals surface area contributed by atoms with Crippen molar-refractivity contribution in [3.8, 4) is 0 Å². The Hall–Kier alpha value is -2.69. The molecule has 0 aliphatic carbocycles. The predicted molar refractivity (Wildman–Crippen MR) is 109 cm³/mol. The smallest absolute Gasteiger partial charge is 0.242 e. The van der Waals surface area contributed by atoms with Crippen molar-refractivity contribution < 1.29 is 14.0 Å². The molecule has 2 rings (SSSR count). The van der Waals surface area contributed by atoms with E-state index in [-0.39, 0.29) is 36.6 Å². The van der Waals surface area contributed by atoms with Crippen LogP contribution in [0.15, 0.2) is 48.5 Å². The van der Waals surface area contributed by atoms with Gasteiger partial charge >= 0.3 is 0 Å². The van der Waals surface area contributed by atoms with Crippen LogP contribution < -0.4 is 5.32 Å². The van der Waals surface area contributed by atoms with Gasteiger partial charge in [0.1, 0.15) is 11.9 Å². The number of rotatable bonds is 8. The number of halogens is 1. The van der Waals surface area contributed by atoms with Crippen LogP contribution in [-0.4, -0.2) is 28.8 Å². The Morgan fingerprint density at radius 2 is 1.82 bits per heavy atom. The first-order valence-electron chi connectivity index (χ1n) is 9.70. The van der Waals surface area contributed by atoms with Gasteiger partial charge in [0.15, 0.2) is 0 Å². The summed E-state index contributed by atoms with van der Waals surface area (Å²) in [6.07, 6.45) is 0.958. The molecule has 0 bridgehead atoms. The highest BCUT2D eigenvalue weighted by Gasteiger charge is 2.27. The lowest BCUT2D eigenvalue weighted by Crippen LogP contribution is -2.50. The van der Waals surface area contributed by atoms with Gasteiger partial charge in [0, 0.05) is 18.2 Å². The lowest BCUT2D eigenvalue weighted by Gasteiger charge is -2.30. The minimum Gasteiger partial charge on any atom is -0.352 e. The summed E-state index contributed by atoms with van der Waals surface area (Å²) in [5, 5.41) is 2.91. The summed E-state index contributed by atoms with van der Waals surface area (Å²) in [5.74, 6) is -0.825. The van der Waals surface area contributed by atoms with E-state index in [1.165, 1.54) is 11.0 Å². The third kappa shape index (κ3) is 5.91. The molecule has 0 aliphatic rings. The second kappa shape index (κ2) is 10.0. The Balaban J connectivity index is 2.25. The van der Waals surface area contributed by atoms with Crippen LogP contribution in [0.1, 0.15) is 43.9 Å². The van der Waals surface area contributed by atoms with Crippen molar-refractivity contribution in [2.45, 2.75) is 59.2 Å². The Bertz CT molecular complexity index is 822. The SMILES string of the molecule is CC[C@H](C)NC(=O)[C@@H](C)N(Cc1ccccc1F)C(=O)Cc1cccc(C)c1. The van der Waals surface area contributed by atoms with E-state index >= 15 is 0 Å². The largest absolute Gasteiger partial charge is 0.352 e. The van der Waals surface area contributed by atoms with Gasteiger partial charge in [-0.2, -0.15) is 0 Å². The average molecular weight is 384 g/mol. The fourth-order valence-corrected chi connectivity index (χ4v) is 2.96. The van der Waals surface area contributed by atoms with Gasteiger partial charge in [-0.15, -0.1) is 0 Å². The first-order chi connectivity index (χ1) is 13.3. The van der Waals surface area contributed by atoms with Crippen LogP contribution in [0.2, 0.25) is 0 Å². The molecule has 28 heavy (non-hydrogen) atoms. The maximum Gasteiger partial charge on any atom is 0.242 e. The maximum absolute atomic E-state index is 14.2. The van der Waals surface area contributed by atoms with Crippen molar-refractivity contribution in [3.63, 3.8) is 0 Å². The lowest BCUT2D eigenvalue weighted by molar-refractivity contribution is -0.140. The number of carbonyl (C=O) groups is 2. The second-order valence-corrected chi connectivity index (χ2v) is 7.27. The number of nitrogens with zero attached hydrogens (tertiary/aromatic N) is 1. The molecule has 0 heterocycles. The van der Waals surface area contributed by atoms with Crippen LogP contribution in [0.25, 0.3) is 0 Å². The van der Waals surface area contributed by atoms with E-state index in [1.807, 2.05) is 45.0 Å². The van der Waals surface area contributed by atoms with Gasteiger partial charge in [0.2, 0.25) is 11.8 Å². The van der Waals surface area contributed by atoms with Crippen molar-refractivity contribution in [1.29, 1.82) is 0 Å². The van der Waals surface area contributed by atoms with E-state index < -0.39 is 6.04 Å². The molecule has 0 fully saturated rings. The summed E-state index contributed by atoms with van der Waals surface area (Å²) in [5.41, 5.74) is 2.33. The van der Waals surface area contributed by atoms with Gasteiger partial charge in [-0.3, -0.25) is 9.59 Å². The summed E-state index contributed by atoms with van der Waals surface area (Å²) in [7, 11) is 0. The number of hydrogen-bond acceptors (Lipinski definition) is 2. The molecule has 2 aromatic carbocycles. The molecule has 0 spiro atoms. The minimum absolute atomic E-state index is 0.0112. The van der Waals surface area contributed by atoms with Gasteiger partial charge in [-0.05, 0) is 38.8 Å². The van der Waals surface area contributed by atoms with Crippen LogP contribution in [0.4, 0.5) is 4.39 Å². The fraction of sp³-hybridized carbons (Fsp3) is 0.391. The van der Waals surface area contributed by atoms with E-state index in [9.17, 15) is 14.0 Å². The van der Waals surface area contributed by atoms with Crippen molar-refractivity contribution in [3.05, 3.63) is 71.0 Å². The lowest BCUT2D eigenvalue weighted by atomic mass is 10.1. The Kier molecular flexibility index (Phi) is 7.73. The van der Waals surface area contributed by atoms with E-state index in [1.54, 1.807) is 25.1 Å². The Morgan fingerprint density at radius 1 is 1.11 bits per heavy atom. The number of carbonyl (C=O) groups excluding carboxylic acids is 2. The van der Waals surface area contributed by atoms with Crippen molar-refractivity contribution in [1.82, 2.24) is 10.2 Å². The zero-order chi connectivity index (χ0) is 20.7. The summed E-state index contributed by atoms with van der Waals surface area (Å²) in [6, 6.07) is 13.3. The first-order valence-corrected chi connectivity index (χ1v) is 9.70. The molecule has 0 radical (unpaired) electrons. The summed E-state index contributed by atoms with van der Waals surface area (Å²) >= 11 is 0. The van der Waals surface area contributed by atoms with E-state index in [0.717, 1.165) is 17.5 Å². The molecule has 2 amide bonds. The monoisotopic (exact) mass is 384 g/mol. The number of amides is 2. The quantitative estimate of drug-likeness (QED) is 0.748. The molecule has 2 aromatic rings. The highest BCUT2D eigenvalue weighted by Crippen LogP contribution is 2.15. The van der Waals surface area contributed by atoms with E-state index in [0.29, 0.717) is 5.56 Å². The molecule has 0 aromatic heterocycles. The standard InChI is InChI=1S/C23H29FN2O2/c1-5-17(3)25-23(28)18(4)26(15-20-11-6-7-12-21(20)24)22(27)14-19-10-8-9-16(2)13-19/h6-13,17-18H,5,14-15H2,1-4H3,(H,25,28)/t17-,18+/m0/s1. The third-order valence-corrected chi connectivity index (χ3v) is 4.90. The average Bonchev–Trinajstić information content (AvgIpc) is 2.66. The van der Waals surface area contributed by atoms with Crippen molar-refractivity contribution >= 4 is 11.8 Å². The Morgan fingerprint density at radius 3 is 2.46 bits per heavy atom. The minimum atomic E-state index is -0.703. The molecule has 0 saturated heterocycles. The van der Waals surface area contributed by atoms with E-state index in [2.05, 4.69) is 5.32 Å². The number of hydrogen-bond donors (Lipinski definition) is 1. The Labute approximate surface area is 166 Å². The molecule has 0 saturated carbocycles. The van der Waals surface area contributed by atoms with Crippen molar-refractivity contribution in [2.24, 2.45) is 0 Å². The predicted octanol–water partition coefficient (Wildman–Crippen LogP) is 4.01. The molecule has 4 nitrogen and oxygen atoms in total.